The number of carbonyl (C=O) groups excluding carboxylic acids is 1. The molecule has 0 aliphatic carbocycles. The summed E-state index contributed by atoms with van der Waals surface area (Å²) < 4.78 is 42.9. The SMILES string of the molecule is [3H]c1ccc([C@H](CC)NC(=O)c2c(NS(C)(=O)=O)c(-c3ccccc3)nc3ccccc23)cc1[3H]. The average Bonchev–Trinajstić information content (AvgIpc) is 2.83. The number of hydrogen-bond acceptors (Lipinski definition) is 4. The maximum Gasteiger partial charge on any atom is 0.254 e. The lowest BCUT2D eigenvalue weighted by Gasteiger charge is -2.21. The summed E-state index contributed by atoms with van der Waals surface area (Å²) in [5.41, 5.74) is 2.53. The number of sulfonamides is 1. The van der Waals surface area contributed by atoms with Crippen LogP contribution in [0.4, 0.5) is 5.69 Å². The summed E-state index contributed by atoms with van der Waals surface area (Å²) in [6.45, 7) is 1.90. The molecule has 2 N–H and O–H groups in total. The first-order valence-electron chi connectivity index (χ1n) is 11.5. The van der Waals surface area contributed by atoms with Gasteiger partial charge in [0.1, 0.15) is 0 Å². The number of amides is 1. The van der Waals surface area contributed by atoms with Crippen molar-refractivity contribution in [1.82, 2.24) is 10.3 Å². The number of benzene rings is 3. The summed E-state index contributed by atoms with van der Waals surface area (Å²) in [5.74, 6) is -0.472. The van der Waals surface area contributed by atoms with Crippen LogP contribution in [0.15, 0.2) is 84.9 Å². The minimum absolute atomic E-state index is 0.0651. The van der Waals surface area contributed by atoms with Gasteiger partial charge in [0.25, 0.3) is 5.91 Å². The van der Waals surface area contributed by atoms with E-state index in [1.165, 1.54) is 6.07 Å². The van der Waals surface area contributed by atoms with Gasteiger partial charge < -0.3 is 5.32 Å². The second-order valence-corrected chi connectivity index (χ2v) is 9.42. The van der Waals surface area contributed by atoms with Crippen molar-refractivity contribution >= 4 is 32.5 Å². The Bertz CT molecular complexity index is 1510. The first-order chi connectivity index (χ1) is 16.7. The Balaban J connectivity index is 1.91. The van der Waals surface area contributed by atoms with E-state index in [1.807, 2.05) is 31.2 Å². The molecule has 1 amide bonds. The standard InChI is InChI=1S/C26H25N3O3S/c1-3-21(18-12-6-4-7-13-18)28-26(30)23-20-16-10-11-17-22(20)27-24(19-14-8-5-9-15-19)25(23)29-33(2,31)32/h4-17,21,29H,3H2,1-2H3,(H,28,30)/t21-/m0/s1/i4T,6T. The molecule has 0 bridgehead atoms. The number of hydrogen-bond donors (Lipinski definition) is 2. The van der Waals surface area contributed by atoms with Crippen LogP contribution in [-0.4, -0.2) is 25.6 Å². The monoisotopic (exact) mass is 463 g/mol. The number of fused-ring (bicyclic) bond motifs is 1. The number of para-hydroxylation sites is 1. The van der Waals surface area contributed by atoms with Crippen LogP contribution in [-0.2, 0) is 10.0 Å². The second-order valence-electron chi connectivity index (χ2n) is 7.67. The molecule has 0 aliphatic rings. The zero-order valence-corrected chi connectivity index (χ0v) is 19.1. The second kappa shape index (κ2) is 9.42. The predicted molar refractivity (Wildman–Crippen MR) is 133 cm³/mol. The number of carbonyl (C=O) groups is 1. The van der Waals surface area contributed by atoms with Crippen LogP contribution < -0.4 is 10.0 Å². The third-order valence-electron chi connectivity index (χ3n) is 5.25. The van der Waals surface area contributed by atoms with Gasteiger partial charge in [0, 0.05) is 10.9 Å². The highest BCUT2D eigenvalue weighted by atomic mass is 32.2. The van der Waals surface area contributed by atoms with E-state index < -0.39 is 22.0 Å². The molecule has 0 aliphatic heterocycles. The quantitative estimate of drug-likeness (QED) is 0.397. The van der Waals surface area contributed by atoms with Gasteiger partial charge in [0.2, 0.25) is 10.0 Å². The Hall–Kier alpha value is -3.71. The molecule has 33 heavy (non-hydrogen) atoms. The molecule has 7 heteroatoms. The Kier molecular flexibility index (Phi) is 5.69. The van der Waals surface area contributed by atoms with Crippen molar-refractivity contribution in [3.05, 3.63) is 96.0 Å². The maximum atomic E-state index is 13.8. The van der Waals surface area contributed by atoms with Gasteiger partial charge in [-0.2, -0.15) is 0 Å². The number of rotatable bonds is 7. The molecule has 1 aromatic heterocycles. The van der Waals surface area contributed by atoms with Crippen LogP contribution in [0.3, 0.4) is 0 Å². The van der Waals surface area contributed by atoms with Crippen molar-refractivity contribution < 1.29 is 16.0 Å². The normalized spacial score (nSPS) is 13.2. The van der Waals surface area contributed by atoms with E-state index in [1.54, 1.807) is 42.5 Å². The highest BCUT2D eigenvalue weighted by Crippen LogP contribution is 2.35. The number of nitrogens with one attached hydrogen (secondary N) is 2. The number of anilines is 1. The van der Waals surface area contributed by atoms with Crippen LogP contribution >= 0.6 is 0 Å². The van der Waals surface area contributed by atoms with Gasteiger partial charge in [-0.05, 0) is 18.1 Å². The highest BCUT2D eigenvalue weighted by Gasteiger charge is 2.25. The molecular formula is C26H25N3O3S. The minimum atomic E-state index is -3.74. The van der Waals surface area contributed by atoms with Crippen LogP contribution in [0.25, 0.3) is 22.2 Å². The average molecular weight is 464 g/mol. The van der Waals surface area contributed by atoms with Gasteiger partial charge in [0.05, 0.1) is 37.5 Å². The van der Waals surface area contributed by atoms with Crippen molar-refractivity contribution in [2.45, 2.75) is 19.4 Å². The zero-order valence-electron chi connectivity index (χ0n) is 20.3. The molecule has 0 fully saturated rings. The molecule has 4 rings (SSSR count). The molecule has 1 atom stereocenters. The first kappa shape index (κ1) is 19.9. The van der Waals surface area contributed by atoms with E-state index in [4.69, 9.17) is 7.73 Å². The Labute approximate surface area is 196 Å². The topological polar surface area (TPSA) is 88.2 Å². The Morgan fingerprint density at radius 2 is 1.73 bits per heavy atom. The summed E-state index contributed by atoms with van der Waals surface area (Å²) >= 11 is 0. The third kappa shape index (κ3) is 5.04. The van der Waals surface area contributed by atoms with Crippen molar-refractivity contribution in [3.8, 4) is 11.3 Å². The van der Waals surface area contributed by atoms with Crippen molar-refractivity contribution in [2.75, 3.05) is 11.0 Å². The van der Waals surface area contributed by atoms with E-state index in [9.17, 15) is 13.2 Å². The van der Waals surface area contributed by atoms with Gasteiger partial charge in [-0.1, -0.05) is 85.7 Å². The van der Waals surface area contributed by atoms with Crippen molar-refractivity contribution in [3.63, 3.8) is 0 Å². The lowest BCUT2D eigenvalue weighted by Crippen LogP contribution is -2.30. The first-order valence-corrected chi connectivity index (χ1v) is 12.4. The lowest BCUT2D eigenvalue weighted by atomic mass is 9.99. The molecule has 3 aromatic carbocycles. The van der Waals surface area contributed by atoms with E-state index in [0.717, 1.165) is 6.26 Å². The van der Waals surface area contributed by atoms with Gasteiger partial charge in [-0.3, -0.25) is 9.52 Å². The number of aromatic nitrogens is 1. The van der Waals surface area contributed by atoms with Crippen LogP contribution in [0, 0.1) is 0 Å². The maximum absolute atomic E-state index is 13.8. The van der Waals surface area contributed by atoms with E-state index in [0.29, 0.717) is 34.1 Å². The van der Waals surface area contributed by atoms with E-state index in [2.05, 4.69) is 10.0 Å². The molecule has 168 valence electrons. The highest BCUT2D eigenvalue weighted by molar-refractivity contribution is 7.92. The summed E-state index contributed by atoms with van der Waals surface area (Å²) in [7, 11) is -3.74. The molecular weight excluding hydrogens is 434 g/mol. The zero-order chi connectivity index (χ0) is 25.2. The molecule has 0 unspecified atom stereocenters. The fourth-order valence-electron chi connectivity index (χ4n) is 3.76. The summed E-state index contributed by atoms with van der Waals surface area (Å²) in [6.07, 6.45) is 1.57. The fourth-order valence-corrected chi connectivity index (χ4v) is 4.33. The van der Waals surface area contributed by atoms with Crippen LogP contribution in [0.2, 0.25) is 0 Å². The van der Waals surface area contributed by atoms with Crippen molar-refractivity contribution in [2.24, 2.45) is 0 Å². The molecule has 0 saturated heterocycles. The van der Waals surface area contributed by atoms with E-state index >= 15 is 0 Å². The van der Waals surface area contributed by atoms with Gasteiger partial charge in [-0.25, -0.2) is 13.4 Å². The fraction of sp³-hybridized carbons (Fsp3) is 0.154. The Morgan fingerprint density at radius 1 is 1.00 bits per heavy atom. The number of nitrogens with zero attached hydrogens (tertiary/aromatic N) is 1. The smallest absolute Gasteiger partial charge is 0.254 e. The molecule has 6 nitrogen and oxygen atoms in total. The summed E-state index contributed by atoms with van der Waals surface area (Å²) in [5, 5.41) is 3.50. The van der Waals surface area contributed by atoms with Crippen LogP contribution in [0.1, 0.15) is 38.0 Å². The lowest BCUT2D eigenvalue weighted by molar-refractivity contribution is 0.0938. The molecule has 0 spiro atoms. The molecule has 0 saturated carbocycles. The third-order valence-corrected chi connectivity index (χ3v) is 5.83. The Morgan fingerprint density at radius 3 is 2.42 bits per heavy atom. The summed E-state index contributed by atoms with van der Waals surface area (Å²) in [4.78, 5) is 18.5. The van der Waals surface area contributed by atoms with Crippen molar-refractivity contribution in [1.29, 1.82) is 0 Å². The van der Waals surface area contributed by atoms with Gasteiger partial charge >= 0.3 is 0 Å². The summed E-state index contributed by atoms with van der Waals surface area (Å²) in [6, 6.07) is 20.7. The molecule has 1 heterocycles. The largest absolute Gasteiger partial charge is 0.345 e. The number of pyridine rings is 1. The van der Waals surface area contributed by atoms with Gasteiger partial charge in [-0.15, -0.1) is 0 Å². The molecule has 0 radical (unpaired) electrons. The minimum Gasteiger partial charge on any atom is -0.345 e. The predicted octanol–water partition coefficient (Wildman–Crippen LogP) is 5.15. The van der Waals surface area contributed by atoms with Crippen LogP contribution in [0.5, 0.6) is 0 Å². The molecule has 4 aromatic rings. The van der Waals surface area contributed by atoms with Gasteiger partial charge in [0.15, 0.2) is 0 Å². The van der Waals surface area contributed by atoms with E-state index in [-0.39, 0.29) is 23.3 Å².